The van der Waals surface area contributed by atoms with E-state index in [1.807, 2.05) is 0 Å². The van der Waals surface area contributed by atoms with Crippen LogP contribution in [0.4, 0.5) is 0 Å². The van der Waals surface area contributed by atoms with E-state index < -0.39 is 31.2 Å². The second kappa shape index (κ2) is 6.51. The molecule has 8 heteroatoms. The van der Waals surface area contributed by atoms with E-state index in [9.17, 15) is 16.8 Å². The van der Waals surface area contributed by atoms with Crippen molar-refractivity contribution in [3.8, 4) is 0 Å². The molecule has 0 atom stereocenters. The minimum atomic E-state index is -3.57. The summed E-state index contributed by atoms with van der Waals surface area (Å²) in [6.07, 6.45) is 6.95. The third-order valence-corrected chi connectivity index (χ3v) is 6.00. The minimum Gasteiger partial charge on any atom is -0.324 e. The van der Waals surface area contributed by atoms with Crippen molar-refractivity contribution in [1.29, 1.82) is 0 Å². The Bertz CT molecular complexity index is 477. The van der Waals surface area contributed by atoms with Crippen molar-refractivity contribution in [1.82, 2.24) is 4.72 Å². The maximum Gasteiger partial charge on any atom is 0.212 e. The van der Waals surface area contributed by atoms with Gasteiger partial charge in [-0.25, -0.2) is 21.6 Å². The third kappa shape index (κ3) is 7.24. The lowest BCUT2D eigenvalue weighted by Gasteiger charge is -2.28. The molecule has 0 spiro atoms. The zero-order valence-corrected chi connectivity index (χ0v) is 13.0. The molecule has 0 unspecified atom stereocenters. The fraction of sp³-hybridized carbons (Fsp3) is 1.00. The number of nitrogens with one attached hydrogen (secondary N) is 1. The van der Waals surface area contributed by atoms with Gasteiger partial charge in [-0.3, -0.25) is 0 Å². The Labute approximate surface area is 116 Å². The fourth-order valence-corrected chi connectivity index (χ4v) is 4.94. The highest BCUT2D eigenvalue weighted by Gasteiger charge is 2.28. The van der Waals surface area contributed by atoms with Gasteiger partial charge >= 0.3 is 0 Å². The van der Waals surface area contributed by atoms with E-state index in [0.29, 0.717) is 0 Å². The van der Waals surface area contributed by atoms with Gasteiger partial charge in [0, 0.05) is 18.3 Å². The summed E-state index contributed by atoms with van der Waals surface area (Å²) in [5, 5.41) is 0. The number of hydrogen-bond donors (Lipinski definition) is 2. The van der Waals surface area contributed by atoms with E-state index in [2.05, 4.69) is 4.72 Å². The second-order valence-corrected chi connectivity index (χ2v) is 9.73. The molecule has 1 aliphatic rings. The molecule has 1 rings (SSSR count). The summed E-state index contributed by atoms with van der Waals surface area (Å²) in [6, 6.07) is 0. The van der Waals surface area contributed by atoms with Gasteiger partial charge in [-0.15, -0.1) is 0 Å². The van der Waals surface area contributed by atoms with Crippen LogP contribution in [0.25, 0.3) is 0 Å². The van der Waals surface area contributed by atoms with Gasteiger partial charge in [-0.2, -0.15) is 0 Å². The number of rotatable bonds is 6. The summed E-state index contributed by atoms with van der Waals surface area (Å²) in [6.45, 7) is 0.194. The molecule has 0 aromatic heterocycles. The zero-order valence-electron chi connectivity index (χ0n) is 11.4. The lowest BCUT2D eigenvalue weighted by Crippen LogP contribution is -2.50. The molecule has 0 radical (unpaired) electrons. The number of nitrogens with two attached hydrogens (primary N) is 1. The van der Waals surface area contributed by atoms with Crippen LogP contribution in [0.5, 0.6) is 0 Å². The van der Waals surface area contributed by atoms with Gasteiger partial charge in [0.2, 0.25) is 10.0 Å². The Hall–Kier alpha value is -0.180. The number of hydrogen-bond acceptors (Lipinski definition) is 5. The molecule has 3 N–H and O–H groups in total. The molecule has 6 nitrogen and oxygen atoms in total. The van der Waals surface area contributed by atoms with Gasteiger partial charge < -0.3 is 5.73 Å². The second-order valence-electron chi connectivity index (χ2n) is 5.55. The normalized spacial score (nSPS) is 20.9. The van der Waals surface area contributed by atoms with Gasteiger partial charge in [0.25, 0.3) is 0 Å². The van der Waals surface area contributed by atoms with Crippen LogP contribution in [0, 0.1) is 0 Å². The number of sulfone groups is 1. The van der Waals surface area contributed by atoms with Crippen molar-refractivity contribution >= 4 is 19.9 Å². The number of sulfonamides is 1. The third-order valence-electron chi connectivity index (χ3n) is 3.47. The standard InChI is InChI=1S/C11H24N2O4S2/c1-18(14,15)8-9-19(16,17)13-10-11(12)6-4-2-3-5-7-11/h13H,2-10,12H2,1H3. The van der Waals surface area contributed by atoms with Crippen LogP contribution >= 0.6 is 0 Å². The van der Waals surface area contributed by atoms with Crippen molar-refractivity contribution in [2.45, 2.75) is 44.1 Å². The summed E-state index contributed by atoms with van der Waals surface area (Å²) in [5.74, 6) is -0.762. The smallest absolute Gasteiger partial charge is 0.212 e. The summed E-state index contributed by atoms with van der Waals surface area (Å²) in [4.78, 5) is 0. The van der Waals surface area contributed by atoms with Crippen LogP contribution in [0.15, 0.2) is 0 Å². The molecule has 0 saturated heterocycles. The SMILES string of the molecule is CS(=O)(=O)CCS(=O)(=O)NCC1(N)CCCCCC1. The van der Waals surface area contributed by atoms with Gasteiger partial charge in [0.1, 0.15) is 9.84 Å². The van der Waals surface area contributed by atoms with Crippen LogP contribution in [0.1, 0.15) is 38.5 Å². The molecule has 0 heterocycles. The average molecular weight is 312 g/mol. The molecule has 1 aliphatic carbocycles. The van der Waals surface area contributed by atoms with Crippen molar-refractivity contribution < 1.29 is 16.8 Å². The Morgan fingerprint density at radius 2 is 1.53 bits per heavy atom. The van der Waals surface area contributed by atoms with Gasteiger partial charge in [-0.1, -0.05) is 25.7 Å². The Morgan fingerprint density at radius 1 is 1.00 bits per heavy atom. The molecule has 114 valence electrons. The molecular formula is C11H24N2O4S2. The van der Waals surface area contributed by atoms with Gasteiger partial charge in [0.15, 0.2) is 0 Å². The van der Waals surface area contributed by atoms with E-state index in [0.717, 1.165) is 44.8 Å². The molecule has 0 aromatic carbocycles. The molecular weight excluding hydrogens is 288 g/mol. The lowest BCUT2D eigenvalue weighted by molar-refractivity contribution is 0.369. The summed E-state index contributed by atoms with van der Waals surface area (Å²) >= 11 is 0. The van der Waals surface area contributed by atoms with E-state index in [-0.39, 0.29) is 12.3 Å². The highest BCUT2D eigenvalue weighted by molar-refractivity contribution is 7.93. The van der Waals surface area contributed by atoms with E-state index in [4.69, 9.17) is 5.73 Å². The molecule has 0 aromatic rings. The van der Waals surface area contributed by atoms with Crippen molar-refractivity contribution in [3.63, 3.8) is 0 Å². The summed E-state index contributed by atoms with van der Waals surface area (Å²) in [7, 11) is -6.85. The first-order valence-corrected chi connectivity index (χ1v) is 10.3. The molecule has 1 fully saturated rings. The fourth-order valence-electron chi connectivity index (χ4n) is 2.20. The maximum atomic E-state index is 11.7. The predicted octanol–water partition coefficient (Wildman–Crippen LogP) is 0.00210. The quantitative estimate of drug-likeness (QED) is 0.672. The predicted molar refractivity (Wildman–Crippen MR) is 76.1 cm³/mol. The average Bonchev–Trinajstić information content (AvgIpc) is 2.50. The molecule has 0 aliphatic heterocycles. The van der Waals surface area contributed by atoms with Crippen LogP contribution in [-0.4, -0.2) is 46.7 Å². The molecule has 0 bridgehead atoms. The van der Waals surface area contributed by atoms with Crippen LogP contribution in [0.2, 0.25) is 0 Å². The Balaban J connectivity index is 2.49. The molecule has 1 saturated carbocycles. The maximum absolute atomic E-state index is 11.7. The topological polar surface area (TPSA) is 106 Å². The van der Waals surface area contributed by atoms with Crippen molar-refractivity contribution in [2.75, 3.05) is 24.3 Å². The van der Waals surface area contributed by atoms with E-state index in [1.54, 1.807) is 0 Å². The van der Waals surface area contributed by atoms with E-state index in [1.165, 1.54) is 0 Å². The van der Waals surface area contributed by atoms with Crippen molar-refractivity contribution in [3.05, 3.63) is 0 Å². The minimum absolute atomic E-state index is 0.194. The summed E-state index contributed by atoms with van der Waals surface area (Å²) < 4.78 is 47.8. The zero-order chi connectivity index (χ0) is 14.6. The first kappa shape index (κ1) is 16.9. The van der Waals surface area contributed by atoms with Gasteiger partial charge in [0.05, 0.1) is 11.5 Å². The molecule has 19 heavy (non-hydrogen) atoms. The Morgan fingerprint density at radius 3 is 2.00 bits per heavy atom. The highest BCUT2D eigenvalue weighted by atomic mass is 32.2. The first-order chi connectivity index (χ1) is 8.62. The van der Waals surface area contributed by atoms with E-state index >= 15 is 0 Å². The van der Waals surface area contributed by atoms with Crippen LogP contribution in [0.3, 0.4) is 0 Å². The summed E-state index contributed by atoms with van der Waals surface area (Å²) in [5.41, 5.74) is 5.71. The lowest BCUT2D eigenvalue weighted by atomic mass is 9.92. The highest BCUT2D eigenvalue weighted by Crippen LogP contribution is 2.24. The van der Waals surface area contributed by atoms with Crippen LogP contribution in [-0.2, 0) is 19.9 Å². The van der Waals surface area contributed by atoms with Gasteiger partial charge in [-0.05, 0) is 12.8 Å². The monoisotopic (exact) mass is 312 g/mol. The van der Waals surface area contributed by atoms with Crippen molar-refractivity contribution in [2.24, 2.45) is 5.73 Å². The largest absolute Gasteiger partial charge is 0.324 e. The molecule has 0 amide bonds. The Kier molecular flexibility index (Phi) is 5.78. The van der Waals surface area contributed by atoms with Crippen LogP contribution < -0.4 is 10.5 Å². The first-order valence-electron chi connectivity index (χ1n) is 6.56.